The van der Waals surface area contributed by atoms with E-state index in [0.29, 0.717) is 5.75 Å². The van der Waals surface area contributed by atoms with Gasteiger partial charge in [0.25, 0.3) is 5.91 Å². The van der Waals surface area contributed by atoms with E-state index in [9.17, 15) is 9.90 Å². The highest BCUT2D eigenvalue weighted by Crippen LogP contribution is 2.28. The van der Waals surface area contributed by atoms with Crippen LogP contribution in [-0.4, -0.2) is 29.8 Å². The summed E-state index contributed by atoms with van der Waals surface area (Å²) in [6.07, 6.45) is 2.95. The molecule has 110 valence electrons. The molecule has 1 saturated carbocycles. The van der Waals surface area contributed by atoms with Crippen molar-refractivity contribution < 1.29 is 14.6 Å². The van der Waals surface area contributed by atoms with Gasteiger partial charge in [0.2, 0.25) is 0 Å². The molecule has 2 rings (SSSR count). The molecule has 0 heterocycles. The summed E-state index contributed by atoms with van der Waals surface area (Å²) < 4.78 is 7.24. The second-order valence-electron chi connectivity index (χ2n) is 4.94. The molecule has 4 nitrogen and oxygen atoms in total. The fraction of sp³-hybridized carbons (Fsp3) is 0.500. The summed E-state index contributed by atoms with van der Waals surface area (Å²) in [5, 5.41) is 12.4. The summed E-state index contributed by atoms with van der Waals surface area (Å²) >= 11 is 6.75. The molecule has 0 radical (unpaired) electrons. The van der Waals surface area contributed by atoms with Gasteiger partial charge in [-0.3, -0.25) is 4.79 Å². The number of nitrogens with one attached hydrogen (secondary N) is 1. The maximum Gasteiger partial charge on any atom is 0.258 e. The summed E-state index contributed by atoms with van der Waals surface area (Å²) in [7, 11) is 0. The first-order valence-corrected chi connectivity index (χ1v) is 8.18. The van der Waals surface area contributed by atoms with Gasteiger partial charge in [-0.05, 0) is 59.8 Å². The number of hydrogen-bond donors (Lipinski definition) is 2. The Bertz CT molecular complexity index is 473. The normalized spacial score (nSPS) is 22.4. The van der Waals surface area contributed by atoms with E-state index in [1.165, 1.54) is 0 Å². The Morgan fingerprint density at radius 2 is 2.00 bits per heavy atom. The van der Waals surface area contributed by atoms with Crippen molar-refractivity contribution in [1.82, 2.24) is 5.32 Å². The lowest BCUT2D eigenvalue weighted by atomic mass is 9.93. The summed E-state index contributed by atoms with van der Waals surface area (Å²) in [6.45, 7) is -0.000708. The van der Waals surface area contributed by atoms with E-state index in [4.69, 9.17) is 4.74 Å². The minimum absolute atomic E-state index is 0.000708. The molecule has 1 amide bonds. The van der Waals surface area contributed by atoms with Gasteiger partial charge in [0, 0.05) is 10.5 Å². The van der Waals surface area contributed by atoms with Crippen molar-refractivity contribution >= 4 is 37.8 Å². The fourth-order valence-electron chi connectivity index (χ4n) is 2.23. The highest BCUT2D eigenvalue weighted by Gasteiger charge is 2.20. The van der Waals surface area contributed by atoms with Crippen LogP contribution in [0.5, 0.6) is 5.75 Å². The molecule has 0 aromatic heterocycles. The highest BCUT2D eigenvalue weighted by molar-refractivity contribution is 9.11. The van der Waals surface area contributed by atoms with Crippen LogP contribution in [0.25, 0.3) is 0 Å². The summed E-state index contributed by atoms with van der Waals surface area (Å²) in [4.78, 5) is 11.8. The molecule has 0 saturated heterocycles. The van der Waals surface area contributed by atoms with E-state index < -0.39 is 0 Å². The Kier molecular flexibility index (Phi) is 5.86. The minimum atomic E-state index is -0.210. The van der Waals surface area contributed by atoms with Crippen LogP contribution in [0.2, 0.25) is 0 Å². The molecule has 0 aliphatic heterocycles. The molecule has 6 heteroatoms. The number of amides is 1. The van der Waals surface area contributed by atoms with Crippen molar-refractivity contribution in [2.24, 2.45) is 0 Å². The Balaban J connectivity index is 1.77. The maximum absolute atomic E-state index is 11.8. The second-order valence-corrected chi connectivity index (χ2v) is 6.71. The molecule has 1 fully saturated rings. The molecule has 1 aliphatic carbocycles. The van der Waals surface area contributed by atoms with Gasteiger partial charge in [0.1, 0.15) is 5.75 Å². The molecule has 1 aliphatic rings. The van der Waals surface area contributed by atoms with Crippen molar-refractivity contribution in [3.8, 4) is 5.75 Å². The van der Waals surface area contributed by atoms with E-state index in [2.05, 4.69) is 37.2 Å². The van der Waals surface area contributed by atoms with Gasteiger partial charge >= 0.3 is 0 Å². The molecule has 0 bridgehead atoms. The Labute approximate surface area is 135 Å². The number of aliphatic hydroxyl groups is 1. The van der Waals surface area contributed by atoms with E-state index in [1.807, 2.05) is 12.1 Å². The number of ether oxygens (including phenoxy) is 1. The van der Waals surface area contributed by atoms with Gasteiger partial charge in [-0.15, -0.1) is 0 Å². The average Bonchev–Trinajstić information content (AvgIpc) is 2.40. The van der Waals surface area contributed by atoms with Crippen molar-refractivity contribution in [2.75, 3.05) is 6.61 Å². The van der Waals surface area contributed by atoms with Gasteiger partial charge in [-0.25, -0.2) is 0 Å². The smallest absolute Gasteiger partial charge is 0.258 e. The van der Waals surface area contributed by atoms with Crippen LogP contribution in [-0.2, 0) is 4.79 Å². The lowest BCUT2D eigenvalue weighted by Crippen LogP contribution is -2.40. The summed E-state index contributed by atoms with van der Waals surface area (Å²) in [6, 6.07) is 5.69. The van der Waals surface area contributed by atoms with Crippen molar-refractivity contribution in [2.45, 2.75) is 37.8 Å². The van der Waals surface area contributed by atoms with Gasteiger partial charge in [-0.2, -0.15) is 0 Å². The van der Waals surface area contributed by atoms with Crippen LogP contribution in [0.4, 0.5) is 0 Å². The van der Waals surface area contributed by atoms with Gasteiger partial charge in [-0.1, -0.05) is 15.9 Å². The zero-order valence-electron chi connectivity index (χ0n) is 10.9. The summed E-state index contributed by atoms with van der Waals surface area (Å²) in [5.74, 6) is 0.517. The third-order valence-electron chi connectivity index (χ3n) is 3.31. The minimum Gasteiger partial charge on any atom is -0.483 e. The lowest BCUT2D eigenvalue weighted by molar-refractivity contribution is -0.124. The molecule has 0 unspecified atom stereocenters. The predicted octanol–water partition coefficient (Wildman–Crippen LogP) is 3.01. The lowest BCUT2D eigenvalue weighted by Gasteiger charge is -2.26. The predicted molar refractivity (Wildman–Crippen MR) is 83.7 cm³/mol. The Morgan fingerprint density at radius 1 is 1.30 bits per heavy atom. The van der Waals surface area contributed by atoms with Crippen molar-refractivity contribution in [1.29, 1.82) is 0 Å². The van der Waals surface area contributed by atoms with Crippen LogP contribution < -0.4 is 10.1 Å². The Morgan fingerprint density at radius 3 is 2.65 bits per heavy atom. The van der Waals surface area contributed by atoms with Crippen LogP contribution in [0.3, 0.4) is 0 Å². The van der Waals surface area contributed by atoms with E-state index in [0.717, 1.165) is 34.6 Å². The largest absolute Gasteiger partial charge is 0.483 e. The quantitative estimate of drug-likeness (QED) is 0.807. The number of benzene rings is 1. The van der Waals surface area contributed by atoms with Crippen molar-refractivity contribution in [3.05, 3.63) is 27.1 Å². The van der Waals surface area contributed by atoms with Crippen LogP contribution in [0.15, 0.2) is 27.1 Å². The van der Waals surface area contributed by atoms with Gasteiger partial charge in [0.15, 0.2) is 6.61 Å². The number of carbonyl (C=O) groups is 1. The van der Waals surface area contributed by atoms with E-state index in [-0.39, 0.29) is 24.7 Å². The molecule has 2 N–H and O–H groups in total. The molecular weight excluding hydrogens is 390 g/mol. The molecule has 0 spiro atoms. The van der Waals surface area contributed by atoms with Crippen LogP contribution >= 0.6 is 31.9 Å². The standard InChI is InChI=1S/C14H17Br2NO3/c15-9-1-6-13(12(16)7-9)20-8-14(19)17-10-2-4-11(18)5-3-10/h1,6-7,10-11,18H,2-5,8H2,(H,17,19). The third kappa shape index (κ3) is 4.75. The first kappa shape index (κ1) is 15.8. The molecule has 20 heavy (non-hydrogen) atoms. The topological polar surface area (TPSA) is 58.6 Å². The van der Waals surface area contributed by atoms with E-state index >= 15 is 0 Å². The fourth-order valence-corrected chi connectivity index (χ4v) is 3.39. The second kappa shape index (κ2) is 7.43. The van der Waals surface area contributed by atoms with Crippen LogP contribution in [0.1, 0.15) is 25.7 Å². The third-order valence-corrected chi connectivity index (χ3v) is 4.43. The van der Waals surface area contributed by atoms with E-state index in [1.54, 1.807) is 6.07 Å². The first-order chi connectivity index (χ1) is 9.54. The first-order valence-electron chi connectivity index (χ1n) is 6.60. The summed E-state index contributed by atoms with van der Waals surface area (Å²) in [5.41, 5.74) is 0. The van der Waals surface area contributed by atoms with Gasteiger partial charge < -0.3 is 15.2 Å². The number of rotatable bonds is 4. The van der Waals surface area contributed by atoms with Gasteiger partial charge in [0.05, 0.1) is 10.6 Å². The number of carbonyl (C=O) groups excluding carboxylic acids is 1. The SMILES string of the molecule is O=C(COc1ccc(Br)cc1Br)NC1CCC(O)CC1. The number of aliphatic hydroxyl groups excluding tert-OH is 1. The average molecular weight is 407 g/mol. The van der Waals surface area contributed by atoms with Crippen molar-refractivity contribution in [3.63, 3.8) is 0 Å². The maximum atomic E-state index is 11.8. The number of hydrogen-bond acceptors (Lipinski definition) is 3. The Hall–Kier alpha value is -0.590. The van der Waals surface area contributed by atoms with Crippen LogP contribution in [0, 0.1) is 0 Å². The monoisotopic (exact) mass is 405 g/mol. The molecule has 0 atom stereocenters. The highest BCUT2D eigenvalue weighted by atomic mass is 79.9. The molecular formula is C14H17Br2NO3. The zero-order valence-corrected chi connectivity index (χ0v) is 14.1. The zero-order chi connectivity index (χ0) is 14.5. The number of halogens is 2. The molecule has 1 aromatic carbocycles. The molecule has 1 aromatic rings.